The molecule has 0 spiro atoms. The molecular weight excluding hydrogens is 494 g/mol. The maximum atomic E-state index is 12.8. The molecule has 1 saturated heterocycles. The molecule has 3 heterocycles. The normalized spacial score (nSPS) is 22.3. The Morgan fingerprint density at radius 3 is 2.41 bits per heavy atom. The van der Waals surface area contributed by atoms with E-state index in [1.807, 2.05) is 6.07 Å². The van der Waals surface area contributed by atoms with Gasteiger partial charge in [0.2, 0.25) is 0 Å². The molecule has 0 amide bonds. The Morgan fingerprint density at radius 2 is 1.84 bits per heavy atom. The largest absolute Gasteiger partial charge is 0.463 e. The summed E-state index contributed by atoms with van der Waals surface area (Å²) < 4.78 is 22.7. The molecule has 3 N–H and O–H groups in total. The number of H-pyrrole nitrogens is 1. The minimum Gasteiger partial charge on any atom is -0.463 e. The first-order valence-electron chi connectivity index (χ1n) is 9.17. The fourth-order valence-corrected chi connectivity index (χ4v) is 3.91. The minimum atomic E-state index is -1.36. The number of halogens is 1. The lowest BCUT2D eigenvalue weighted by molar-refractivity contribution is -0.166. The Kier molecular flexibility index (Phi) is 6.51. The number of carbonyl (C=O) groups excluding carboxylic acids is 3. The molecule has 0 bridgehead atoms. The quantitative estimate of drug-likeness (QED) is 0.413. The molecule has 1 aliphatic heterocycles. The van der Waals surface area contributed by atoms with Crippen molar-refractivity contribution < 1.29 is 33.3 Å². The number of carbonyl (C=O) groups is 3. The van der Waals surface area contributed by atoms with Crippen molar-refractivity contribution >= 4 is 50.7 Å². The standard InChI is InChI=1S/C18H18BrN5O8/c1-6(25)29-5-10-12(30-7(2)26)13(31-8(3)27)17(32-10)24-16-11(15(21)23-18(24)28)9(4-20)14(19)22-16/h10,12-13,17,22H,5H2,1-3H3,(H2,21,23,28)/t10-,12+,13-,17-/m0/s1. The molecule has 0 aliphatic carbocycles. The highest BCUT2D eigenvalue weighted by Gasteiger charge is 2.51. The first-order chi connectivity index (χ1) is 15.0. The molecule has 1 fully saturated rings. The summed E-state index contributed by atoms with van der Waals surface area (Å²) in [6.07, 6.45) is -4.96. The van der Waals surface area contributed by atoms with Gasteiger partial charge in [0.25, 0.3) is 0 Å². The summed E-state index contributed by atoms with van der Waals surface area (Å²) in [6, 6.07) is 1.95. The van der Waals surface area contributed by atoms with E-state index >= 15 is 0 Å². The minimum absolute atomic E-state index is 0.0581. The zero-order valence-electron chi connectivity index (χ0n) is 17.1. The highest BCUT2D eigenvalue weighted by Crippen LogP contribution is 2.37. The zero-order valence-corrected chi connectivity index (χ0v) is 18.7. The van der Waals surface area contributed by atoms with Crippen molar-refractivity contribution in [3.05, 3.63) is 20.7 Å². The summed E-state index contributed by atoms with van der Waals surface area (Å²) in [5.41, 5.74) is 5.13. The number of aromatic amines is 1. The van der Waals surface area contributed by atoms with Gasteiger partial charge >= 0.3 is 23.6 Å². The second-order valence-electron chi connectivity index (χ2n) is 6.81. The van der Waals surface area contributed by atoms with Crippen molar-refractivity contribution in [3.63, 3.8) is 0 Å². The fourth-order valence-electron chi connectivity index (χ4n) is 3.44. The first kappa shape index (κ1) is 23.2. The topological polar surface area (TPSA) is 189 Å². The van der Waals surface area contributed by atoms with Gasteiger partial charge in [-0.15, -0.1) is 0 Å². The first-order valence-corrected chi connectivity index (χ1v) is 9.97. The Bertz CT molecular complexity index is 1200. The van der Waals surface area contributed by atoms with Gasteiger partial charge in [-0.1, -0.05) is 0 Å². The van der Waals surface area contributed by atoms with Crippen LogP contribution in [0, 0.1) is 11.3 Å². The summed E-state index contributed by atoms with van der Waals surface area (Å²) >= 11 is 3.19. The average molecular weight is 512 g/mol. The molecule has 0 saturated carbocycles. The van der Waals surface area contributed by atoms with E-state index in [4.69, 9.17) is 24.7 Å². The van der Waals surface area contributed by atoms with Gasteiger partial charge in [-0.05, 0) is 15.9 Å². The molecule has 0 aromatic carbocycles. The van der Waals surface area contributed by atoms with Gasteiger partial charge < -0.3 is 29.7 Å². The Balaban J connectivity index is 2.20. The number of esters is 3. The van der Waals surface area contributed by atoms with E-state index in [0.29, 0.717) is 0 Å². The Morgan fingerprint density at radius 1 is 1.22 bits per heavy atom. The second-order valence-corrected chi connectivity index (χ2v) is 7.61. The van der Waals surface area contributed by atoms with Crippen LogP contribution in [0.2, 0.25) is 0 Å². The predicted molar refractivity (Wildman–Crippen MR) is 109 cm³/mol. The van der Waals surface area contributed by atoms with Crippen molar-refractivity contribution in [2.24, 2.45) is 0 Å². The van der Waals surface area contributed by atoms with E-state index in [0.717, 1.165) is 18.4 Å². The van der Waals surface area contributed by atoms with Crippen LogP contribution in [-0.4, -0.2) is 57.4 Å². The zero-order chi connectivity index (χ0) is 23.7. The van der Waals surface area contributed by atoms with Gasteiger partial charge in [0.05, 0.1) is 10.9 Å². The van der Waals surface area contributed by atoms with Crippen LogP contribution < -0.4 is 11.4 Å². The number of fused-ring (bicyclic) bond motifs is 1. The Labute approximate surface area is 188 Å². The molecule has 2 aromatic rings. The van der Waals surface area contributed by atoms with E-state index < -0.39 is 48.1 Å². The number of rotatable bonds is 5. The second kappa shape index (κ2) is 8.97. The van der Waals surface area contributed by atoms with Gasteiger partial charge in [0.1, 0.15) is 34.8 Å². The van der Waals surface area contributed by atoms with Crippen molar-refractivity contribution in [3.8, 4) is 6.07 Å². The number of nitrogens with one attached hydrogen (secondary N) is 1. The van der Waals surface area contributed by atoms with E-state index in [1.54, 1.807) is 0 Å². The predicted octanol–water partition coefficient (Wildman–Crippen LogP) is 0.265. The van der Waals surface area contributed by atoms with E-state index in [-0.39, 0.29) is 33.6 Å². The molecule has 0 unspecified atom stereocenters. The van der Waals surface area contributed by atoms with Gasteiger partial charge in [-0.25, -0.2) is 9.36 Å². The monoisotopic (exact) mass is 511 g/mol. The Hall–Kier alpha value is -3.44. The van der Waals surface area contributed by atoms with Gasteiger partial charge in [0.15, 0.2) is 18.4 Å². The van der Waals surface area contributed by atoms with Crippen molar-refractivity contribution in [1.29, 1.82) is 5.26 Å². The molecule has 13 nitrogen and oxygen atoms in total. The van der Waals surface area contributed by atoms with Crippen molar-refractivity contribution in [2.45, 2.75) is 45.3 Å². The van der Waals surface area contributed by atoms with E-state index in [9.17, 15) is 24.4 Å². The van der Waals surface area contributed by atoms with Crippen LogP contribution in [0.1, 0.15) is 32.6 Å². The molecule has 2 aromatic heterocycles. The SMILES string of the molecule is CC(=O)OC[C@@H]1O[C@H](n2c(=O)nc(N)c3c(C#N)c(Br)[nH]c32)[C@@H](OC(C)=O)[C@@H]1OC(C)=O. The summed E-state index contributed by atoms with van der Waals surface area (Å²) in [4.78, 5) is 54.2. The van der Waals surface area contributed by atoms with Gasteiger partial charge in [-0.3, -0.25) is 14.4 Å². The summed E-state index contributed by atoms with van der Waals surface area (Å²) in [5, 5.41) is 9.59. The molecule has 0 radical (unpaired) electrons. The molecule has 32 heavy (non-hydrogen) atoms. The van der Waals surface area contributed by atoms with E-state index in [1.165, 1.54) is 6.92 Å². The molecule has 3 rings (SSSR count). The highest BCUT2D eigenvalue weighted by molar-refractivity contribution is 9.10. The number of nitrogen functional groups attached to an aromatic ring is 1. The smallest absolute Gasteiger partial charge is 0.353 e. The van der Waals surface area contributed by atoms with Crippen LogP contribution in [0.25, 0.3) is 11.0 Å². The van der Waals surface area contributed by atoms with Crippen LogP contribution in [0.4, 0.5) is 5.82 Å². The lowest BCUT2D eigenvalue weighted by atomic mass is 10.1. The average Bonchev–Trinajstić information content (AvgIpc) is 3.17. The number of hydrogen-bond donors (Lipinski definition) is 2. The molecule has 170 valence electrons. The molecule has 1 aliphatic rings. The lowest BCUT2D eigenvalue weighted by Crippen LogP contribution is -2.42. The molecular formula is C18H18BrN5O8. The number of nitrogens with two attached hydrogens (primary N) is 1. The van der Waals surface area contributed by atoms with Crippen LogP contribution in [0.5, 0.6) is 0 Å². The third-order valence-corrected chi connectivity index (χ3v) is 5.16. The van der Waals surface area contributed by atoms with Crippen LogP contribution in [-0.2, 0) is 33.3 Å². The molecule has 4 atom stereocenters. The third-order valence-electron chi connectivity index (χ3n) is 4.56. The number of aromatic nitrogens is 3. The van der Waals surface area contributed by atoms with Gasteiger partial charge in [0, 0.05) is 20.8 Å². The van der Waals surface area contributed by atoms with Gasteiger partial charge in [-0.2, -0.15) is 10.2 Å². The fraction of sp³-hybridized carbons (Fsp3) is 0.444. The van der Waals surface area contributed by atoms with Crippen LogP contribution in [0.3, 0.4) is 0 Å². The lowest BCUT2D eigenvalue weighted by Gasteiger charge is -2.24. The summed E-state index contributed by atoms with van der Waals surface area (Å²) in [6.45, 7) is 3.09. The third kappa shape index (κ3) is 4.30. The van der Waals surface area contributed by atoms with E-state index in [2.05, 4.69) is 25.9 Å². The number of hydrogen-bond acceptors (Lipinski definition) is 11. The number of anilines is 1. The summed E-state index contributed by atoms with van der Waals surface area (Å²) in [5.74, 6) is -2.28. The highest BCUT2D eigenvalue weighted by atomic mass is 79.9. The number of nitrogens with zero attached hydrogens (tertiary/aromatic N) is 3. The van der Waals surface area contributed by atoms with Crippen LogP contribution in [0.15, 0.2) is 9.40 Å². The van der Waals surface area contributed by atoms with Crippen LogP contribution >= 0.6 is 15.9 Å². The number of ether oxygens (including phenoxy) is 4. The van der Waals surface area contributed by atoms with Crippen molar-refractivity contribution in [1.82, 2.24) is 14.5 Å². The number of nitriles is 1. The maximum Gasteiger partial charge on any atom is 0.353 e. The van der Waals surface area contributed by atoms with Crippen molar-refractivity contribution in [2.75, 3.05) is 12.3 Å². The maximum absolute atomic E-state index is 12.8. The molecule has 14 heteroatoms. The summed E-state index contributed by atoms with van der Waals surface area (Å²) in [7, 11) is 0.